The fourth-order valence-electron chi connectivity index (χ4n) is 6.82. The van der Waals surface area contributed by atoms with Crippen molar-refractivity contribution in [3.63, 3.8) is 0 Å². The van der Waals surface area contributed by atoms with Crippen LogP contribution in [0.5, 0.6) is 11.5 Å². The Labute approximate surface area is 144 Å². The highest BCUT2D eigenvalue weighted by Gasteiger charge is 2.63. The molecule has 0 heterocycles. The highest BCUT2D eigenvalue weighted by Crippen LogP contribution is 2.67. The third-order valence-corrected chi connectivity index (χ3v) is 7.97. The van der Waals surface area contributed by atoms with Gasteiger partial charge in [0.2, 0.25) is 0 Å². The first-order valence-electron chi connectivity index (χ1n) is 9.19. The molecule has 1 aromatic carbocycles. The Morgan fingerprint density at radius 2 is 1.75 bits per heavy atom. The van der Waals surface area contributed by atoms with Crippen LogP contribution in [0, 0.1) is 22.7 Å². The second-order valence-electron chi connectivity index (χ2n) is 9.42. The van der Waals surface area contributed by atoms with E-state index in [4.69, 9.17) is 0 Å². The Hall–Kier alpha value is -1.51. The second-order valence-corrected chi connectivity index (χ2v) is 9.42. The number of phenols is 2. The molecule has 0 amide bonds. The molecule has 1 unspecified atom stereocenters. The van der Waals surface area contributed by atoms with Gasteiger partial charge in [0.25, 0.3) is 0 Å². The number of fused-ring (bicyclic) bond motifs is 5. The average Bonchev–Trinajstić information content (AvgIpc) is 2.77. The molecule has 0 aliphatic heterocycles. The van der Waals surface area contributed by atoms with Gasteiger partial charge in [-0.05, 0) is 54.6 Å². The summed E-state index contributed by atoms with van der Waals surface area (Å²) >= 11 is 0. The quantitative estimate of drug-likeness (QED) is 0.745. The van der Waals surface area contributed by atoms with Crippen LogP contribution < -0.4 is 0 Å². The molecule has 3 aliphatic carbocycles. The van der Waals surface area contributed by atoms with Crippen molar-refractivity contribution in [2.45, 2.75) is 65.2 Å². The highest BCUT2D eigenvalue weighted by molar-refractivity contribution is 5.85. The number of carbonyl (C=O) groups is 1. The van der Waals surface area contributed by atoms with Gasteiger partial charge in [-0.25, -0.2) is 0 Å². The van der Waals surface area contributed by atoms with Crippen molar-refractivity contribution in [1.29, 1.82) is 0 Å². The van der Waals surface area contributed by atoms with E-state index in [0.717, 1.165) is 36.8 Å². The Bertz CT molecular complexity index is 735. The monoisotopic (exact) mass is 328 g/mol. The summed E-state index contributed by atoms with van der Waals surface area (Å²) in [6.07, 6.45) is 4.54. The number of Topliss-reactive ketones (excluding diaryl/α,β-unsaturated/α-hetero) is 1. The lowest BCUT2D eigenvalue weighted by Gasteiger charge is -2.60. The zero-order chi connectivity index (χ0) is 17.5. The molecule has 3 nitrogen and oxygen atoms in total. The van der Waals surface area contributed by atoms with E-state index >= 15 is 0 Å². The summed E-state index contributed by atoms with van der Waals surface area (Å²) in [5, 5.41) is 20.4. The van der Waals surface area contributed by atoms with Gasteiger partial charge in [0.05, 0.1) is 0 Å². The molecule has 24 heavy (non-hydrogen) atoms. The van der Waals surface area contributed by atoms with E-state index in [9.17, 15) is 15.0 Å². The van der Waals surface area contributed by atoms with E-state index in [0.29, 0.717) is 24.0 Å². The molecule has 0 aromatic heterocycles. The van der Waals surface area contributed by atoms with Gasteiger partial charge in [-0.2, -0.15) is 0 Å². The number of hydrogen-bond acceptors (Lipinski definition) is 3. The van der Waals surface area contributed by atoms with Crippen LogP contribution in [0.1, 0.15) is 64.5 Å². The molecule has 2 N–H and O–H groups in total. The smallest absolute Gasteiger partial charge is 0.138 e. The Balaban J connectivity index is 1.84. The number of rotatable bonds is 0. The van der Waals surface area contributed by atoms with Crippen molar-refractivity contribution in [3.05, 3.63) is 23.3 Å². The summed E-state index contributed by atoms with van der Waals surface area (Å²) in [7, 11) is 0. The molecule has 3 heteroatoms. The van der Waals surface area contributed by atoms with E-state index in [1.165, 1.54) is 6.07 Å². The predicted octanol–water partition coefficient (Wildman–Crippen LogP) is 4.33. The molecule has 0 radical (unpaired) electrons. The molecule has 130 valence electrons. The van der Waals surface area contributed by atoms with Crippen LogP contribution in [-0.2, 0) is 16.6 Å². The third kappa shape index (κ3) is 1.76. The number of benzene rings is 1. The first-order valence-corrected chi connectivity index (χ1v) is 9.19. The van der Waals surface area contributed by atoms with Crippen LogP contribution >= 0.6 is 0 Å². The number of hydrogen-bond donors (Lipinski definition) is 2. The van der Waals surface area contributed by atoms with Crippen molar-refractivity contribution in [3.8, 4) is 11.5 Å². The molecule has 0 spiro atoms. The maximum absolute atomic E-state index is 12.5. The lowest BCUT2D eigenvalue weighted by molar-refractivity contribution is -0.151. The maximum Gasteiger partial charge on any atom is 0.138 e. The van der Waals surface area contributed by atoms with Crippen molar-refractivity contribution in [2.24, 2.45) is 22.7 Å². The van der Waals surface area contributed by atoms with Gasteiger partial charge in [0, 0.05) is 28.9 Å². The van der Waals surface area contributed by atoms with E-state index in [-0.39, 0.29) is 27.7 Å². The molecule has 0 saturated heterocycles. The van der Waals surface area contributed by atoms with Crippen molar-refractivity contribution in [2.75, 3.05) is 0 Å². The van der Waals surface area contributed by atoms with Crippen LogP contribution in [0.15, 0.2) is 12.1 Å². The van der Waals surface area contributed by atoms with Gasteiger partial charge in [-0.15, -0.1) is 0 Å². The first kappa shape index (κ1) is 16.0. The van der Waals surface area contributed by atoms with Crippen molar-refractivity contribution < 1.29 is 15.0 Å². The summed E-state index contributed by atoms with van der Waals surface area (Å²) in [5.74, 6) is 1.61. The molecular weight excluding hydrogens is 300 g/mol. The Morgan fingerprint density at radius 3 is 2.46 bits per heavy atom. The minimum absolute atomic E-state index is 0.0607. The standard InChI is InChI=1S/C21H28O3/c1-19(2)15-5-7-21(4)16(20(15,3)8-6-17(19)24)10-12-9-13(22)11-14(23)18(12)21/h9,11,15-16,22-23H,5-8,10H2,1-4H3/t15-,16?,20-,21+/m1/s1. The first-order chi connectivity index (χ1) is 11.1. The van der Waals surface area contributed by atoms with Gasteiger partial charge in [-0.3, -0.25) is 4.79 Å². The van der Waals surface area contributed by atoms with Crippen LogP contribution in [0.2, 0.25) is 0 Å². The normalized spacial score (nSPS) is 39.9. The van der Waals surface area contributed by atoms with Crippen LogP contribution in [0.3, 0.4) is 0 Å². The summed E-state index contributed by atoms with van der Waals surface area (Å²) in [5.41, 5.74) is 1.92. The van der Waals surface area contributed by atoms with Gasteiger partial charge < -0.3 is 10.2 Å². The van der Waals surface area contributed by atoms with Crippen LogP contribution in [0.25, 0.3) is 0 Å². The summed E-state index contributed by atoms with van der Waals surface area (Å²) < 4.78 is 0. The van der Waals surface area contributed by atoms with E-state index < -0.39 is 0 Å². The van der Waals surface area contributed by atoms with Gasteiger partial charge in [0.1, 0.15) is 17.3 Å². The molecule has 2 fully saturated rings. The average molecular weight is 328 g/mol. The Kier molecular flexibility index (Phi) is 3.04. The minimum Gasteiger partial charge on any atom is -0.508 e. The predicted molar refractivity (Wildman–Crippen MR) is 93.2 cm³/mol. The van der Waals surface area contributed by atoms with Gasteiger partial charge in [0.15, 0.2) is 0 Å². The fraction of sp³-hybridized carbons (Fsp3) is 0.667. The Morgan fingerprint density at radius 1 is 1.04 bits per heavy atom. The molecule has 1 aromatic rings. The van der Waals surface area contributed by atoms with E-state index in [1.807, 2.05) is 6.07 Å². The van der Waals surface area contributed by atoms with Gasteiger partial charge in [-0.1, -0.05) is 27.7 Å². The lowest BCUT2D eigenvalue weighted by atomic mass is 9.43. The molecular formula is C21H28O3. The fourth-order valence-corrected chi connectivity index (χ4v) is 6.82. The third-order valence-electron chi connectivity index (χ3n) is 7.97. The molecule has 4 rings (SSSR count). The number of ketones is 1. The van der Waals surface area contributed by atoms with Crippen molar-refractivity contribution >= 4 is 5.78 Å². The second kappa shape index (κ2) is 4.56. The molecule has 2 saturated carbocycles. The molecule has 3 aliphatic rings. The minimum atomic E-state index is -0.257. The topological polar surface area (TPSA) is 57.5 Å². The number of phenolic OH excluding ortho intramolecular Hbond substituents is 2. The zero-order valence-corrected chi connectivity index (χ0v) is 15.1. The summed E-state index contributed by atoms with van der Waals surface area (Å²) in [4.78, 5) is 12.5. The maximum atomic E-state index is 12.5. The highest BCUT2D eigenvalue weighted by atomic mass is 16.3. The summed E-state index contributed by atoms with van der Waals surface area (Å²) in [6, 6.07) is 3.31. The molecule has 4 atom stereocenters. The lowest BCUT2D eigenvalue weighted by Crippen LogP contribution is -2.57. The van der Waals surface area contributed by atoms with Crippen LogP contribution in [-0.4, -0.2) is 16.0 Å². The van der Waals surface area contributed by atoms with Gasteiger partial charge >= 0.3 is 0 Å². The van der Waals surface area contributed by atoms with E-state index in [2.05, 4.69) is 27.7 Å². The number of aromatic hydroxyl groups is 2. The van der Waals surface area contributed by atoms with Crippen molar-refractivity contribution in [1.82, 2.24) is 0 Å². The zero-order valence-electron chi connectivity index (χ0n) is 15.1. The molecule has 0 bridgehead atoms. The SMILES string of the molecule is CC1(C)C(=O)CC[C@@]2(C)C3Cc4cc(O)cc(O)c4[C@@]3(C)CC[C@H]12. The number of carbonyl (C=O) groups excluding carboxylic acids is 1. The largest absolute Gasteiger partial charge is 0.508 e. The summed E-state index contributed by atoms with van der Waals surface area (Å²) in [6.45, 7) is 8.92. The van der Waals surface area contributed by atoms with E-state index in [1.54, 1.807) is 0 Å². The van der Waals surface area contributed by atoms with Crippen LogP contribution in [0.4, 0.5) is 0 Å².